The molecule has 1 unspecified atom stereocenters. The number of rotatable bonds is 4. The Morgan fingerprint density at radius 2 is 1.79 bits per heavy atom. The maximum atomic E-state index is 12.5. The van der Waals surface area contributed by atoms with E-state index < -0.39 is 11.7 Å². The number of alkyl halides is 3. The summed E-state index contributed by atoms with van der Waals surface area (Å²) in [6.45, 7) is 2.73. The molecule has 0 fully saturated rings. The lowest BCUT2D eigenvalue weighted by atomic mass is 10.00. The molecule has 1 aromatic heterocycles. The third-order valence-corrected chi connectivity index (χ3v) is 3.56. The van der Waals surface area contributed by atoms with Gasteiger partial charge in [-0.25, -0.2) is 0 Å². The summed E-state index contributed by atoms with van der Waals surface area (Å²) in [4.78, 5) is 0. The van der Waals surface area contributed by atoms with Crippen molar-refractivity contribution in [2.75, 3.05) is 6.54 Å². The van der Waals surface area contributed by atoms with Crippen LogP contribution in [0.25, 0.3) is 0 Å². The van der Waals surface area contributed by atoms with E-state index in [1.807, 2.05) is 23.8 Å². The van der Waals surface area contributed by atoms with Crippen LogP contribution < -0.4 is 5.32 Å². The Morgan fingerprint density at radius 3 is 2.26 bits per heavy atom. The highest BCUT2D eigenvalue weighted by atomic mass is 32.1. The second kappa shape index (κ2) is 5.75. The zero-order valence-electron chi connectivity index (χ0n) is 10.4. The van der Waals surface area contributed by atoms with Crippen LogP contribution in [0.4, 0.5) is 13.2 Å². The number of hydrogen-bond acceptors (Lipinski definition) is 2. The fraction of sp³-hybridized carbons (Fsp3) is 0.286. The Balaban J connectivity index is 2.28. The molecule has 1 heterocycles. The molecule has 2 aromatic rings. The van der Waals surface area contributed by atoms with Crippen LogP contribution in [0.15, 0.2) is 41.1 Å². The van der Waals surface area contributed by atoms with Gasteiger partial charge in [0.2, 0.25) is 0 Å². The molecule has 0 saturated carbocycles. The number of thiophene rings is 1. The van der Waals surface area contributed by atoms with Crippen LogP contribution in [-0.4, -0.2) is 6.54 Å². The summed E-state index contributed by atoms with van der Waals surface area (Å²) in [7, 11) is 0. The summed E-state index contributed by atoms with van der Waals surface area (Å²) in [6, 6.07) is 7.26. The van der Waals surface area contributed by atoms with Gasteiger partial charge in [0.1, 0.15) is 0 Å². The van der Waals surface area contributed by atoms with Gasteiger partial charge in [-0.15, -0.1) is 0 Å². The van der Waals surface area contributed by atoms with E-state index in [1.54, 1.807) is 11.3 Å². The molecule has 102 valence electrons. The van der Waals surface area contributed by atoms with Crippen LogP contribution in [-0.2, 0) is 6.18 Å². The number of benzene rings is 1. The minimum atomic E-state index is -4.28. The average Bonchev–Trinajstić information content (AvgIpc) is 2.89. The van der Waals surface area contributed by atoms with Crippen molar-refractivity contribution in [3.8, 4) is 0 Å². The molecule has 5 heteroatoms. The standard InChI is InChI=1S/C14H14F3NS/c1-2-18-13(11-7-8-19-9-11)10-3-5-12(6-4-10)14(15,16)17/h3-9,13,18H,2H2,1H3. The summed E-state index contributed by atoms with van der Waals surface area (Å²) in [6.07, 6.45) is -4.28. The second-order valence-electron chi connectivity index (χ2n) is 4.17. The molecule has 0 aliphatic rings. The molecule has 0 aliphatic carbocycles. The van der Waals surface area contributed by atoms with Gasteiger partial charge in [-0.1, -0.05) is 19.1 Å². The predicted molar refractivity (Wildman–Crippen MR) is 71.3 cm³/mol. The summed E-state index contributed by atoms with van der Waals surface area (Å²) < 4.78 is 37.6. The van der Waals surface area contributed by atoms with E-state index in [4.69, 9.17) is 0 Å². The molecule has 0 spiro atoms. The van der Waals surface area contributed by atoms with Crippen molar-refractivity contribution < 1.29 is 13.2 Å². The van der Waals surface area contributed by atoms with Crippen LogP contribution in [0.5, 0.6) is 0 Å². The fourth-order valence-electron chi connectivity index (χ4n) is 1.94. The average molecular weight is 285 g/mol. The van der Waals surface area contributed by atoms with Crippen molar-refractivity contribution in [3.05, 3.63) is 57.8 Å². The van der Waals surface area contributed by atoms with Crippen LogP contribution in [0.2, 0.25) is 0 Å². The monoisotopic (exact) mass is 285 g/mol. The topological polar surface area (TPSA) is 12.0 Å². The number of halogens is 3. The largest absolute Gasteiger partial charge is 0.416 e. The normalized spacial score (nSPS) is 13.5. The highest BCUT2D eigenvalue weighted by Gasteiger charge is 2.30. The lowest BCUT2D eigenvalue weighted by molar-refractivity contribution is -0.137. The van der Waals surface area contributed by atoms with Gasteiger partial charge in [-0.3, -0.25) is 0 Å². The third kappa shape index (κ3) is 3.36. The SMILES string of the molecule is CCNC(c1ccc(C(F)(F)F)cc1)c1ccsc1. The molecule has 0 amide bonds. The van der Waals surface area contributed by atoms with Gasteiger partial charge < -0.3 is 5.32 Å². The number of hydrogen-bond donors (Lipinski definition) is 1. The van der Waals surface area contributed by atoms with Gasteiger partial charge >= 0.3 is 6.18 Å². The lowest BCUT2D eigenvalue weighted by Gasteiger charge is -2.18. The summed E-state index contributed by atoms with van der Waals surface area (Å²) in [5.74, 6) is 0. The van der Waals surface area contributed by atoms with E-state index in [9.17, 15) is 13.2 Å². The van der Waals surface area contributed by atoms with E-state index in [1.165, 1.54) is 12.1 Å². The molecule has 1 aromatic carbocycles. The van der Waals surface area contributed by atoms with Crippen LogP contribution in [0.3, 0.4) is 0 Å². The van der Waals surface area contributed by atoms with Crippen molar-refractivity contribution >= 4 is 11.3 Å². The van der Waals surface area contributed by atoms with Crippen molar-refractivity contribution in [3.63, 3.8) is 0 Å². The number of nitrogens with one attached hydrogen (secondary N) is 1. The van der Waals surface area contributed by atoms with E-state index >= 15 is 0 Å². The van der Waals surface area contributed by atoms with Crippen molar-refractivity contribution in [1.82, 2.24) is 5.32 Å². The van der Waals surface area contributed by atoms with Gasteiger partial charge in [-0.05, 0) is 46.6 Å². The third-order valence-electron chi connectivity index (χ3n) is 2.86. The maximum absolute atomic E-state index is 12.5. The zero-order valence-corrected chi connectivity index (χ0v) is 11.2. The Kier molecular flexibility index (Phi) is 4.27. The summed E-state index contributed by atoms with van der Waals surface area (Å²) in [5, 5.41) is 7.25. The van der Waals surface area contributed by atoms with Crippen LogP contribution in [0.1, 0.15) is 29.7 Å². The summed E-state index contributed by atoms with van der Waals surface area (Å²) >= 11 is 1.58. The maximum Gasteiger partial charge on any atom is 0.416 e. The van der Waals surface area contributed by atoms with E-state index in [0.29, 0.717) is 0 Å². The summed E-state index contributed by atoms with van der Waals surface area (Å²) in [5.41, 5.74) is 1.30. The fourth-order valence-corrected chi connectivity index (χ4v) is 2.62. The lowest BCUT2D eigenvalue weighted by Crippen LogP contribution is -2.21. The van der Waals surface area contributed by atoms with Gasteiger partial charge in [0.15, 0.2) is 0 Å². The molecule has 0 aliphatic heterocycles. The predicted octanol–water partition coefficient (Wildman–Crippen LogP) is 4.47. The molecule has 1 N–H and O–H groups in total. The first-order valence-corrected chi connectivity index (χ1v) is 6.89. The second-order valence-corrected chi connectivity index (χ2v) is 4.95. The molecule has 1 nitrogen and oxygen atoms in total. The van der Waals surface area contributed by atoms with Crippen molar-refractivity contribution in [2.45, 2.75) is 19.1 Å². The minimum Gasteiger partial charge on any atom is -0.307 e. The molecular formula is C14H14F3NS. The first-order valence-electron chi connectivity index (χ1n) is 5.95. The van der Waals surface area contributed by atoms with Gasteiger partial charge in [-0.2, -0.15) is 24.5 Å². The molecular weight excluding hydrogens is 271 g/mol. The molecule has 19 heavy (non-hydrogen) atoms. The first-order chi connectivity index (χ1) is 9.02. The molecule has 0 radical (unpaired) electrons. The Hall–Kier alpha value is -1.33. The van der Waals surface area contributed by atoms with Crippen LogP contribution >= 0.6 is 11.3 Å². The van der Waals surface area contributed by atoms with Crippen molar-refractivity contribution in [1.29, 1.82) is 0 Å². The van der Waals surface area contributed by atoms with E-state index in [-0.39, 0.29) is 6.04 Å². The van der Waals surface area contributed by atoms with Gasteiger partial charge in [0.05, 0.1) is 11.6 Å². The quantitative estimate of drug-likeness (QED) is 0.874. The minimum absolute atomic E-state index is 0.0569. The molecule has 1 atom stereocenters. The van der Waals surface area contributed by atoms with Crippen LogP contribution in [0, 0.1) is 0 Å². The van der Waals surface area contributed by atoms with Gasteiger partial charge in [0, 0.05) is 0 Å². The Labute approximate surface area is 114 Å². The smallest absolute Gasteiger partial charge is 0.307 e. The molecule has 0 bridgehead atoms. The van der Waals surface area contributed by atoms with E-state index in [2.05, 4.69) is 5.32 Å². The zero-order chi connectivity index (χ0) is 13.9. The first kappa shape index (κ1) is 14.1. The highest BCUT2D eigenvalue weighted by molar-refractivity contribution is 7.08. The van der Waals surface area contributed by atoms with Crippen molar-refractivity contribution in [2.24, 2.45) is 0 Å². The Bertz CT molecular complexity index is 502. The molecule has 2 rings (SSSR count). The Morgan fingerprint density at radius 1 is 1.11 bits per heavy atom. The molecule has 0 saturated heterocycles. The van der Waals surface area contributed by atoms with Gasteiger partial charge in [0.25, 0.3) is 0 Å². The van der Waals surface area contributed by atoms with E-state index in [0.717, 1.165) is 29.8 Å². The highest BCUT2D eigenvalue weighted by Crippen LogP contribution is 2.31.